The third kappa shape index (κ3) is 4.16. The average molecular weight is 324 g/mol. The maximum absolute atomic E-state index is 11.8. The number of hydrogen-bond acceptors (Lipinski definition) is 6. The zero-order valence-corrected chi connectivity index (χ0v) is 13.0. The van der Waals surface area contributed by atoms with Crippen LogP contribution < -0.4 is 5.32 Å². The van der Waals surface area contributed by atoms with Crippen LogP contribution in [0.2, 0.25) is 0 Å². The van der Waals surface area contributed by atoms with Gasteiger partial charge in [-0.05, 0) is 19.9 Å². The van der Waals surface area contributed by atoms with E-state index in [2.05, 4.69) is 5.32 Å². The van der Waals surface area contributed by atoms with E-state index in [1.54, 1.807) is 11.9 Å². The van der Waals surface area contributed by atoms with Crippen molar-refractivity contribution in [3.63, 3.8) is 0 Å². The van der Waals surface area contributed by atoms with Crippen LogP contribution in [0, 0.1) is 0 Å². The Kier molecular flexibility index (Phi) is 4.41. The molecule has 2 aliphatic rings. The van der Waals surface area contributed by atoms with Crippen molar-refractivity contribution in [2.24, 2.45) is 0 Å². The third-order valence-electron chi connectivity index (χ3n) is 3.82. The molecule has 0 radical (unpaired) electrons. The quantitative estimate of drug-likeness (QED) is 0.669. The molecule has 0 aromatic rings. The number of nitrogens with one attached hydrogen (secondary N) is 1. The minimum atomic E-state index is -3.01. The van der Waals surface area contributed by atoms with E-state index in [-0.39, 0.29) is 47.5 Å². The van der Waals surface area contributed by atoms with Gasteiger partial charge in [-0.25, -0.2) is 16.8 Å². The summed E-state index contributed by atoms with van der Waals surface area (Å²) in [5.74, 6) is 0.132. The first-order valence-electron chi connectivity index (χ1n) is 6.57. The molecular weight excluding hydrogens is 304 g/mol. The summed E-state index contributed by atoms with van der Waals surface area (Å²) in [6, 6.07) is -0.439. The first-order chi connectivity index (χ1) is 9.17. The standard InChI is InChI=1S/C11H20N2O5S2/c1-13(10-3-5-20(17,18)8-10)6-11(14)12-9-2-4-19(15,16)7-9/h9-10H,2-8H2,1H3,(H,12,14). The van der Waals surface area contributed by atoms with Crippen molar-refractivity contribution in [3.8, 4) is 0 Å². The number of likely N-dealkylation sites (N-methyl/N-ethyl adjacent to an activating group) is 1. The second kappa shape index (κ2) is 5.61. The van der Waals surface area contributed by atoms with Crippen molar-refractivity contribution in [2.45, 2.75) is 24.9 Å². The predicted molar refractivity (Wildman–Crippen MR) is 74.9 cm³/mol. The Morgan fingerprint density at radius 1 is 1.10 bits per heavy atom. The van der Waals surface area contributed by atoms with E-state index < -0.39 is 19.7 Å². The Hall–Kier alpha value is -0.670. The molecule has 2 rings (SSSR count). The predicted octanol–water partition coefficient (Wildman–Crippen LogP) is -1.59. The highest BCUT2D eigenvalue weighted by Gasteiger charge is 2.32. The van der Waals surface area contributed by atoms with Gasteiger partial charge in [0.25, 0.3) is 0 Å². The van der Waals surface area contributed by atoms with Crippen LogP contribution in [-0.4, -0.2) is 76.3 Å². The van der Waals surface area contributed by atoms with E-state index in [1.807, 2.05) is 0 Å². The van der Waals surface area contributed by atoms with Crippen molar-refractivity contribution in [1.82, 2.24) is 10.2 Å². The number of amides is 1. The molecule has 20 heavy (non-hydrogen) atoms. The number of rotatable bonds is 4. The lowest BCUT2D eigenvalue weighted by atomic mass is 10.2. The number of carbonyl (C=O) groups is 1. The van der Waals surface area contributed by atoms with E-state index in [1.165, 1.54) is 0 Å². The van der Waals surface area contributed by atoms with Gasteiger partial charge in [-0.3, -0.25) is 9.69 Å². The fourth-order valence-corrected chi connectivity index (χ4v) is 6.14. The summed E-state index contributed by atoms with van der Waals surface area (Å²) in [6.45, 7) is 0.0940. The summed E-state index contributed by atoms with van der Waals surface area (Å²) in [7, 11) is -4.26. The van der Waals surface area contributed by atoms with Crippen LogP contribution in [0.1, 0.15) is 12.8 Å². The van der Waals surface area contributed by atoms with E-state index in [0.717, 1.165) is 0 Å². The molecule has 1 amide bonds. The fraction of sp³-hybridized carbons (Fsp3) is 0.909. The summed E-state index contributed by atoms with van der Waals surface area (Å²) >= 11 is 0. The van der Waals surface area contributed by atoms with Crippen LogP contribution in [-0.2, 0) is 24.5 Å². The molecule has 2 heterocycles. The summed E-state index contributed by atoms with van der Waals surface area (Å²) in [4.78, 5) is 13.6. The molecule has 0 saturated carbocycles. The van der Waals surface area contributed by atoms with Crippen molar-refractivity contribution >= 4 is 25.6 Å². The molecule has 2 unspecified atom stereocenters. The van der Waals surface area contributed by atoms with E-state index in [0.29, 0.717) is 12.8 Å². The van der Waals surface area contributed by atoms with Crippen molar-refractivity contribution in [3.05, 3.63) is 0 Å². The van der Waals surface area contributed by atoms with Gasteiger partial charge >= 0.3 is 0 Å². The normalized spacial score (nSPS) is 31.5. The molecule has 2 aliphatic heterocycles. The van der Waals surface area contributed by atoms with Gasteiger partial charge < -0.3 is 5.32 Å². The zero-order chi connectivity index (χ0) is 15.0. The van der Waals surface area contributed by atoms with Crippen LogP contribution in [0.4, 0.5) is 0 Å². The Morgan fingerprint density at radius 2 is 1.70 bits per heavy atom. The maximum atomic E-state index is 11.8. The zero-order valence-electron chi connectivity index (χ0n) is 11.4. The van der Waals surface area contributed by atoms with Crippen molar-refractivity contribution < 1.29 is 21.6 Å². The van der Waals surface area contributed by atoms with Crippen LogP contribution in [0.25, 0.3) is 0 Å². The molecule has 2 saturated heterocycles. The van der Waals surface area contributed by atoms with Crippen molar-refractivity contribution in [2.75, 3.05) is 36.6 Å². The van der Waals surface area contributed by atoms with E-state index in [4.69, 9.17) is 0 Å². The molecule has 2 atom stereocenters. The fourth-order valence-electron chi connectivity index (χ4n) is 2.66. The Labute approximate surface area is 119 Å². The summed E-state index contributed by atoms with van der Waals surface area (Å²) in [5.41, 5.74) is 0. The molecule has 0 bridgehead atoms. The Morgan fingerprint density at radius 3 is 2.20 bits per heavy atom. The van der Waals surface area contributed by atoms with Crippen LogP contribution in [0.5, 0.6) is 0 Å². The molecule has 0 aromatic carbocycles. The highest BCUT2D eigenvalue weighted by molar-refractivity contribution is 7.91. The SMILES string of the molecule is CN(CC(=O)NC1CCS(=O)(=O)C1)C1CCS(=O)(=O)C1. The lowest BCUT2D eigenvalue weighted by molar-refractivity contribution is -0.122. The molecule has 0 aromatic heterocycles. The second-order valence-corrected chi connectivity index (χ2v) is 10.1. The first-order valence-corrected chi connectivity index (χ1v) is 10.2. The topological polar surface area (TPSA) is 101 Å². The minimum absolute atomic E-state index is 0.000260. The molecule has 116 valence electrons. The molecule has 7 nitrogen and oxygen atoms in total. The smallest absolute Gasteiger partial charge is 0.234 e. The summed E-state index contributed by atoms with van der Waals surface area (Å²) in [6.07, 6.45) is 1.000. The van der Waals surface area contributed by atoms with Gasteiger partial charge in [0.1, 0.15) is 0 Å². The summed E-state index contributed by atoms with van der Waals surface area (Å²) < 4.78 is 45.4. The highest BCUT2D eigenvalue weighted by Crippen LogP contribution is 2.16. The monoisotopic (exact) mass is 324 g/mol. The van der Waals surface area contributed by atoms with E-state index >= 15 is 0 Å². The lowest BCUT2D eigenvalue weighted by Crippen LogP contribution is -2.44. The van der Waals surface area contributed by atoms with Crippen molar-refractivity contribution in [1.29, 1.82) is 0 Å². The lowest BCUT2D eigenvalue weighted by Gasteiger charge is -2.23. The first kappa shape index (κ1) is 15.7. The van der Waals surface area contributed by atoms with Gasteiger partial charge in [0, 0.05) is 12.1 Å². The molecule has 9 heteroatoms. The second-order valence-electron chi connectivity index (χ2n) is 5.64. The molecule has 0 aliphatic carbocycles. The van der Waals surface area contributed by atoms with Crippen LogP contribution in [0.15, 0.2) is 0 Å². The minimum Gasteiger partial charge on any atom is -0.351 e. The average Bonchev–Trinajstić information content (AvgIpc) is 2.81. The van der Waals surface area contributed by atoms with E-state index in [9.17, 15) is 21.6 Å². The maximum Gasteiger partial charge on any atom is 0.234 e. The van der Waals surface area contributed by atoms with Gasteiger partial charge in [0.2, 0.25) is 5.91 Å². The summed E-state index contributed by atoms with van der Waals surface area (Å²) in [5, 5.41) is 2.70. The Balaban J connectivity index is 1.80. The molecule has 1 N–H and O–H groups in total. The van der Waals surface area contributed by atoms with Gasteiger partial charge in [0.05, 0.1) is 29.6 Å². The van der Waals surface area contributed by atoms with Gasteiger partial charge in [-0.1, -0.05) is 0 Å². The van der Waals surface area contributed by atoms with Crippen LogP contribution >= 0.6 is 0 Å². The third-order valence-corrected chi connectivity index (χ3v) is 7.34. The molecule has 0 spiro atoms. The number of hydrogen-bond donors (Lipinski definition) is 1. The Bertz CT molecular complexity index is 584. The number of sulfone groups is 2. The molecule has 2 fully saturated rings. The van der Waals surface area contributed by atoms with Gasteiger partial charge in [-0.15, -0.1) is 0 Å². The number of nitrogens with zero attached hydrogens (tertiary/aromatic N) is 1. The number of carbonyl (C=O) groups excluding carboxylic acids is 1. The molecular formula is C11H20N2O5S2. The highest BCUT2D eigenvalue weighted by atomic mass is 32.2. The van der Waals surface area contributed by atoms with Gasteiger partial charge in [0.15, 0.2) is 19.7 Å². The van der Waals surface area contributed by atoms with Gasteiger partial charge in [-0.2, -0.15) is 0 Å². The largest absolute Gasteiger partial charge is 0.351 e. The van der Waals surface area contributed by atoms with Crippen LogP contribution in [0.3, 0.4) is 0 Å².